The third kappa shape index (κ3) is 5.70. The maximum absolute atomic E-state index is 6.35. The molecule has 0 aliphatic carbocycles. The number of hydrogen-bond donors (Lipinski definition) is 0. The van der Waals surface area contributed by atoms with Crippen LogP contribution in [-0.2, 0) is 0 Å². The van der Waals surface area contributed by atoms with Crippen LogP contribution in [0.5, 0.6) is 11.5 Å². The van der Waals surface area contributed by atoms with Crippen LogP contribution in [0.2, 0.25) is 0 Å². The first-order chi connectivity index (χ1) is 18.8. The molecule has 2 heteroatoms. The third-order valence-corrected chi connectivity index (χ3v) is 8.09. The fraction of sp³-hybridized carbons (Fsp3) is 0.444. The van der Waals surface area contributed by atoms with Crippen LogP contribution in [-0.4, -0.2) is 13.2 Å². The number of ether oxygens (including phenoxy) is 2. The molecule has 0 unspecified atom stereocenters. The fourth-order valence-corrected chi connectivity index (χ4v) is 6.04. The van der Waals surface area contributed by atoms with Gasteiger partial charge in [0.1, 0.15) is 11.5 Å². The summed E-state index contributed by atoms with van der Waals surface area (Å²) in [6.07, 6.45) is 15.3. The van der Waals surface area contributed by atoms with Crippen LogP contribution in [0.25, 0.3) is 43.1 Å². The van der Waals surface area contributed by atoms with Gasteiger partial charge in [0, 0.05) is 21.5 Å². The molecular weight excluding hydrogens is 464 g/mol. The van der Waals surface area contributed by atoms with Gasteiger partial charge in [-0.1, -0.05) is 127 Å². The van der Waals surface area contributed by atoms with Crippen LogP contribution >= 0.6 is 0 Å². The summed E-state index contributed by atoms with van der Waals surface area (Å²) in [5.41, 5.74) is 0. The van der Waals surface area contributed by atoms with E-state index in [2.05, 4.69) is 74.5 Å². The maximum atomic E-state index is 6.35. The van der Waals surface area contributed by atoms with E-state index in [9.17, 15) is 0 Å². The van der Waals surface area contributed by atoms with E-state index in [4.69, 9.17) is 9.47 Å². The van der Waals surface area contributed by atoms with Crippen LogP contribution in [0, 0.1) is 0 Å². The second-order valence-corrected chi connectivity index (χ2v) is 10.9. The van der Waals surface area contributed by atoms with Crippen molar-refractivity contribution in [3.63, 3.8) is 0 Å². The molecule has 5 rings (SSSR count). The molecule has 0 fully saturated rings. The summed E-state index contributed by atoms with van der Waals surface area (Å²) in [5, 5.41) is 10.3. The summed E-state index contributed by atoms with van der Waals surface area (Å²) < 4.78 is 12.7. The van der Waals surface area contributed by atoms with Gasteiger partial charge in [0.2, 0.25) is 0 Å². The highest BCUT2D eigenvalue weighted by Crippen LogP contribution is 2.44. The Hall–Kier alpha value is -3.00. The zero-order valence-corrected chi connectivity index (χ0v) is 23.5. The van der Waals surface area contributed by atoms with Crippen molar-refractivity contribution in [2.75, 3.05) is 13.2 Å². The van der Waals surface area contributed by atoms with Gasteiger partial charge in [-0.15, -0.1) is 0 Å². The molecule has 0 amide bonds. The number of benzene rings is 5. The Bertz CT molecular complexity index is 1320. The van der Waals surface area contributed by atoms with Crippen molar-refractivity contribution in [1.82, 2.24) is 0 Å². The molecule has 0 radical (unpaired) electrons. The molecule has 0 saturated heterocycles. The van der Waals surface area contributed by atoms with Gasteiger partial charge in [0.15, 0.2) is 0 Å². The van der Waals surface area contributed by atoms with E-state index in [1.807, 2.05) is 0 Å². The van der Waals surface area contributed by atoms with Crippen molar-refractivity contribution in [3.8, 4) is 11.5 Å². The lowest BCUT2D eigenvalue weighted by atomic mass is 9.89. The number of unbranched alkanes of at least 4 members (excludes halogenated alkanes) is 10. The Morgan fingerprint density at radius 1 is 0.395 bits per heavy atom. The number of hydrogen-bond acceptors (Lipinski definition) is 2. The Morgan fingerprint density at radius 3 is 1.21 bits per heavy atom. The molecular formula is C36H44O2. The van der Waals surface area contributed by atoms with E-state index < -0.39 is 0 Å². The average Bonchev–Trinajstić information content (AvgIpc) is 2.95. The lowest BCUT2D eigenvalue weighted by molar-refractivity contribution is 0.307. The van der Waals surface area contributed by atoms with Gasteiger partial charge in [-0.3, -0.25) is 0 Å². The Kier molecular flexibility index (Phi) is 9.23. The van der Waals surface area contributed by atoms with Crippen LogP contribution < -0.4 is 9.47 Å². The average molecular weight is 509 g/mol. The molecule has 200 valence electrons. The summed E-state index contributed by atoms with van der Waals surface area (Å²) >= 11 is 0. The summed E-state index contributed by atoms with van der Waals surface area (Å²) in [4.78, 5) is 0. The van der Waals surface area contributed by atoms with E-state index in [1.54, 1.807) is 0 Å². The van der Waals surface area contributed by atoms with Gasteiger partial charge in [-0.2, -0.15) is 0 Å². The number of fused-ring (bicyclic) bond motifs is 2. The highest BCUT2D eigenvalue weighted by molar-refractivity contribution is 6.33. The molecule has 0 aliphatic rings. The van der Waals surface area contributed by atoms with Crippen LogP contribution in [0.1, 0.15) is 90.9 Å². The second kappa shape index (κ2) is 13.2. The zero-order valence-electron chi connectivity index (χ0n) is 23.5. The fourth-order valence-electron chi connectivity index (χ4n) is 6.04. The lowest BCUT2D eigenvalue weighted by Crippen LogP contribution is -1.99. The van der Waals surface area contributed by atoms with Crippen molar-refractivity contribution in [1.29, 1.82) is 0 Å². The van der Waals surface area contributed by atoms with Gasteiger partial charge in [-0.25, -0.2) is 0 Å². The lowest BCUT2D eigenvalue weighted by Gasteiger charge is -2.18. The topological polar surface area (TPSA) is 18.5 Å². The normalized spacial score (nSPS) is 11.8. The Labute approximate surface area is 228 Å². The van der Waals surface area contributed by atoms with E-state index in [0.29, 0.717) is 0 Å². The second-order valence-electron chi connectivity index (χ2n) is 10.9. The Balaban J connectivity index is 1.40. The molecule has 38 heavy (non-hydrogen) atoms. The standard InChI is InChI=1S/C36H44O2/c1-3-5-7-9-11-13-25-37-33-23-21-29-28-18-16-20-32-34(38-26-14-12-10-8-6-4-2)24-22-30(36(28)32)27-17-15-19-31(33)35(27)29/h15-24H,3-14,25-26H2,1-2H3. The monoisotopic (exact) mass is 508 g/mol. The molecule has 5 aromatic carbocycles. The summed E-state index contributed by atoms with van der Waals surface area (Å²) in [7, 11) is 0. The molecule has 0 aromatic heterocycles. The molecule has 0 atom stereocenters. The predicted molar refractivity (Wildman–Crippen MR) is 165 cm³/mol. The van der Waals surface area contributed by atoms with Crippen molar-refractivity contribution < 1.29 is 9.47 Å². The molecule has 2 nitrogen and oxygen atoms in total. The van der Waals surface area contributed by atoms with E-state index >= 15 is 0 Å². The zero-order chi connectivity index (χ0) is 26.2. The highest BCUT2D eigenvalue weighted by Gasteiger charge is 2.16. The molecule has 0 aliphatic heterocycles. The van der Waals surface area contributed by atoms with Crippen molar-refractivity contribution in [3.05, 3.63) is 60.7 Å². The molecule has 5 aromatic rings. The first-order valence-corrected chi connectivity index (χ1v) is 15.2. The predicted octanol–water partition coefficient (Wildman–Crippen LogP) is 11.2. The van der Waals surface area contributed by atoms with Gasteiger partial charge >= 0.3 is 0 Å². The van der Waals surface area contributed by atoms with Crippen molar-refractivity contribution >= 4 is 43.1 Å². The summed E-state index contributed by atoms with van der Waals surface area (Å²) in [6, 6.07) is 22.2. The van der Waals surface area contributed by atoms with Gasteiger partial charge in [0.25, 0.3) is 0 Å². The van der Waals surface area contributed by atoms with Crippen LogP contribution in [0.15, 0.2) is 60.7 Å². The van der Waals surface area contributed by atoms with E-state index in [1.165, 1.54) is 107 Å². The van der Waals surface area contributed by atoms with Gasteiger partial charge < -0.3 is 9.47 Å². The largest absolute Gasteiger partial charge is 0.493 e. The van der Waals surface area contributed by atoms with E-state index in [0.717, 1.165) is 37.6 Å². The first kappa shape index (κ1) is 26.6. The minimum Gasteiger partial charge on any atom is -0.493 e. The minimum absolute atomic E-state index is 0.788. The molecule has 0 N–H and O–H groups in total. The maximum Gasteiger partial charge on any atom is 0.127 e. The van der Waals surface area contributed by atoms with Crippen molar-refractivity contribution in [2.45, 2.75) is 90.9 Å². The molecule has 0 bridgehead atoms. The Morgan fingerprint density at radius 2 is 0.763 bits per heavy atom. The molecule has 0 heterocycles. The SMILES string of the molecule is CCCCCCCCOc1ccc2c3cccc4c(OCCCCCCCC)ccc(c5cccc1c52)c43. The van der Waals surface area contributed by atoms with Gasteiger partial charge in [-0.05, 0) is 46.5 Å². The smallest absolute Gasteiger partial charge is 0.127 e. The van der Waals surface area contributed by atoms with E-state index in [-0.39, 0.29) is 0 Å². The summed E-state index contributed by atoms with van der Waals surface area (Å²) in [5.74, 6) is 2.02. The molecule has 0 spiro atoms. The summed E-state index contributed by atoms with van der Waals surface area (Å²) in [6.45, 7) is 6.11. The first-order valence-electron chi connectivity index (χ1n) is 15.2. The third-order valence-electron chi connectivity index (χ3n) is 8.09. The van der Waals surface area contributed by atoms with Crippen LogP contribution in [0.3, 0.4) is 0 Å². The molecule has 0 saturated carbocycles. The quantitative estimate of drug-likeness (QED) is 0.0749. The highest BCUT2D eigenvalue weighted by atomic mass is 16.5. The van der Waals surface area contributed by atoms with Crippen LogP contribution in [0.4, 0.5) is 0 Å². The minimum atomic E-state index is 0.788. The van der Waals surface area contributed by atoms with Crippen molar-refractivity contribution in [2.24, 2.45) is 0 Å². The van der Waals surface area contributed by atoms with Gasteiger partial charge in [0.05, 0.1) is 13.2 Å². The number of rotatable bonds is 16.